The van der Waals surface area contributed by atoms with Gasteiger partial charge in [-0.1, -0.05) is 17.7 Å². The van der Waals surface area contributed by atoms with Crippen molar-refractivity contribution in [3.63, 3.8) is 0 Å². The Hall–Kier alpha value is -3.72. The largest absolute Gasteiger partial charge is 0.493 e. The zero-order valence-electron chi connectivity index (χ0n) is 22.0. The van der Waals surface area contributed by atoms with Crippen LogP contribution in [0.25, 0.3) is 6.08 Å². The molecule has 0 aromatic heterocycles. The van der Waals surface area contributed by atoms with E-state index >= 15 is 0 Å². The molecule has 3 aliphatic heterocycles. The van der Waals surface area contributed by atoms with Crippen molar-refractivity contribution in [1.29, 1.82) is 0 Å². The van der Waals surface area contributed by atoms with Gasteiger partial charge in [-0.05, 0) is 60.9 Å². The number of nitrogens with zero attached hydrogens (tertiary/aromatic N) is 1. The molecule has 3 aromatic carbocycles. The van der Waals surface area contributed by atoms with Gasteiger partial charge in [0.25, 0.3) is 0 Å². The number of methoxy groups -OCH3 is 2. The topological polar surface area (TPSA) is 75.7 Å². The van der Waals surface area contributed by atoms with E-state index in [1.54, 1.807) is 32.4 Å². The highest BCUT2D eigenvalue weighted by atomic mass is 35.5. The molecule has 0 N–H and O–H groups in total. The molecule has 0 radical (unpaired) electrons. The van der Waals surface area contributed by atoms with Gasteiger partial charge in [0.15, 0.2) is 24.1 Å². The van der Waals surface area contributed by atoms with Crippen LogP contribution in [0.1, 0.15) is 38.2 Å². The summed E-state index contributed by atoms with van der Waals surface area (Å²) in [7, 11) is 3.26. The maximum atomic E-state index is 13.5. The van der Waals surface area contributed by atoms with Crippen molar-refractivity contribution in [2.24, 2.45) is 0 Å². The van der Waals surface area contributed by atoms with Gasteiger partial charge in [0.05, 0.1) is 32.0 Å². The van der Waals surface area contributed by atoms with Crippen molar-refractivity contribution in [1.82, 2.24) is 4.90 Å². The average molecular weight is 550 g/mol. The predicted molar refractivity (Wildman–Crippen MR) is 145 cm³/mol. The Morgan fingerprint density at radius 2 is 1.90 bits per heavy atom. The number of Topliss-reactive ketones (excluding diaryl/α,β-unsaturated/α-hetero) is 1. The van der Waals surface area contributed by atoms with Crippen molar-refractivity contribution < 1.29 is 33.2 Å². The molecule has 0 bridgehead atoms. The van der Waals surface area contributed by atoms with Gasteiger partial charge in [-0.15, -0.1) is 0 Å². The smallest absolute Gasteiger partial charge is 0.232 e. The van der Waals surface area contributed by atoms with Gasteiger partial charge in [0, 0.05) is 29.2 Å². The van der Waals surface area contributed by atoms with Crippen LogP contribution in [0.2, 0.25) is 5.02 Å². The van der Waals surface area contributed by atoms with Crippen LogP contribution < -0.4 is 23.7 Å². The lowest BCUT2D eigenvalue weighted by atomic mass is 9.98. The van der Waals surface area contributed by atoms with E-state index in [1.165, 1.54) is 0 Å². The molecule has 8 nitrogen and oxygen atoms in total. The third-order valence-corrected chi connectivity index (χ3v) is 7.36. The molecule has 0 fully saturated rings. The molecule has 0 saturated heterocycles. The van der Waals surface area contributed by atoms with Gasteiger partial charge >= 0.3 is 0 Å². The first-order chi connectivity index (χ1) is 18.9. The Morgan fingerprint density at radius 3 is 2.72 bits per heavy atom. The number of halogens is 1. The van der Waals surface area contributed by atoms with E-state index in [9.17, 15) is 4.79 Å². The summed E-state index contributed by atoms with van der Waals surface area (Å²) >= 11 is 6.33. The Bertz CT molecular complexity index is 1500. The van der Waals surface area contributed by atoms with E-state index in [1.807, 2.05) is 31.2 Å². The fourth-order valence-corrected chi connectivity index (χ4v) is 5.45. The maximum absolute atomic E-state index is 13.5. The van der Waals surface area contributed by atoms with E-state index < -0.39 is 0 Å². The molecule has 9 heteroatoms. The first-order valence-corrected chi connectivity index (χ1v) is 13.0. The normalized spacial score (nSPS) is 17.0. The van der Waals surface area contributed by atoms with E-state index in [0.717, 1.165) is 41.0 Å². The highest BCUT2D eigenvalue weighted by molar-refractivity contribution is 6.31. The number of hydrogen-bond donors (Lipinski definition) is 0. The average Bonchev–Trinajstić information content (AvgIpc) is 3.28. The van der Waals surface area contributed by atoms with Gasteiger partial charge < -0.3 is 28.4 Å². The van der Waals surface area contributed by atoms with Crippen LogP contribution in [0.15, 0.2) is 42.2 Å². The van der Waals surface area contributed by atoms with E-state index in [4.69, 9.17) is 40.0 Å². The molecule has 0 amide bonds. The predicted octanol–water partition coefficient (Wildman–Crippen LogP) is 5.54. The van der Waals surface area contributed by atoms with Gasteiger partial charge in [0.1, 0.15) is 24.0 Å². The van der Waals surface area contributed by atoms with Crippen LogP contribution in [-0.4, -0.2) is 45.0 Å². The highest BCUT2D eigenvalue weighted by Gasteiger charge is 2.36. The third kappa shape index (κ3) is 4.80. The molecule has 3 heterocycles. The minimum Gasteiger partial charge on any atom is -0.493 e. The molecule has 0 atom stereocenters. The van der Waals surface area contributed by atoms with Crippen LogP contribution >= 0.6 is 11.6 Å². The first kappa shape index (κ1) is 25.6. The van der Waals surface area contributed by atoms with Gasteiger partial charge in [-0.3, -0.25) is 9.69 Å². The van der Waals surface area contributed by atoms with Crippen LogP contribution in [0.4, 0.5) is 0 Å². The molecule has 3 aliphatic rings. The summed E-state index contributed by atoms with van der Waals surface area (Å²) in [4.78, 5) is 15.7. The summed E-state index contributed by atoms with van der Waals surface area (Å²) in [6.07, 6.45) is 2.49. The zero-order valence-corrected chi connectivity index (χ0v) is 22.7. The Morgan fingerprint density at radius 1 is 1.05 bits per heavy atom. The van der Waals surface area contributed by atoms with Crippen molar-refractivity contribution in [3.05, 3.63) is 80.6 Å². The second-order valence-electron chi connectivity index (χ2n) is 9.67. The fraction of sp³-hybridized carbons (Fsp3) is 0.300. The van der Waals surface area contributed by atoms with E-state index in [2.05, 4.69) is 4.90 Å². The molecule has 39 heavy (non-hydrogen) atoms. The van der Waals surface area contributed by atoms with Crippen LogP contribution in [0.5, 0.6) is 28.7 Å². The Kier molecular flexibility index (Phi) is 6.85. The molecule has 202 valence electrons. The fourth-order valence-electron chi connectivity index (χ4n) is 5.20. The zero-order chi connectivity index (χ0) is 27.1. The summed E-state index contributed by atoms with van der Waals surface area (Å²) in [5.41, 5.74) is 4.87. The number of rotatable bonds is 6. The van der Waals surface area contributed by atoms with E-state index in [0.29, 0.717) is 59.0 Å². The number of fused-ring (bicyclic) bond motifs is 4. The lowest BCUT2D eigenvalue weighted by Gasteiger charge is -2.30. The number of hydrogen-bond acceptors (Lipinski definition) is 8. The number of benzene rings is 3. The number of ether oxygens (including phenoxy) is 6. The molecular weight excluding hydrogens is 522 g/mol. The summed E-state index contributed by atoms with van der Waals surface area (Å²) in [6.45, 7) is 4.23. The monoisotopic (exact) mass is 549 g/mol. The van der Waals surface area contributed by atoms with Crippen molar-refractivity contribution in [2.45, 2.75) is 26.5 Å². The van der Waals surface area contributed by atoms with Crippen LogP contribution in [0, 0.1) is 6.92 Å². The van der Waals surface area contributed by atoms with Gasteiger partial charge in [-0.2, -0.15) is 0 Å². The first-order valence-electron chi connectivity index (χ1n) is 12.6. The van der Waals surface area contributed by atoms with Gasteiger partial charge in [-0.25, -0.2) is 0 Å². The summed E-state index contributed by atoms with van der Waals surface area (Å²) < 4.78 is 34.2. The lowest BCUT2D eigenvalue weighted by molar-refractivity contribution is -0.0165. The molecule has 0 saturated carbocycles. The van der Waals surface area contributed by atoms with Crippen molar-refractivity contribution in [2.75, 3.05) is 34.3 Å². The van der Waals surface area contributed by atoms with Crippen LogP contribution in [-0.2, 0) is 24.3 Å². The Balaban J connectivity index is 1.25. The number of allylic oxidation sites excluding steroid dienone is 1. The maximum Gasteiger partial charge on any atom is 0.232 e. The molecule has 0 spiro atoms. The van der Waals surface area contributed by atoms with Crippen molar-refractivity contribution in [3.8, 4) is 28.7 Å². The molecule has 3 aromatic rings. The Labute approximate surface area is 231 Å². The second-order valence-corrected chi connectivity index (χ2v) is 10.1. The molecule has 0 unspecified atom stereocenters. The van der Waals surface area contributed by atoms with E-state index in [-0.39, 0.29) is 18.3 Å². The quantitative estimate of drug-likeness (QED) is 0.371. The molecule has 6 rings (SSSR count). The number of carbonyl (C=O) groups is 1. The summed E-state index contributed by atoms with van der Waals surface area (Å²) in [5.74, 6) is 3.39. The molecule has 0 aliphatic carbocycles. The molecular formula is C30H28ClNO7. The minimum absolute atomic E-state index is 0.142. The summed E-state index contributed by atoms with van der Waals surface area (Å²) in [6, 6.07) is 11.4. The van der Waals surface area contributed by atoms with Crippen LogP contribution in [0.3, 0.4) is 0 Å². The SMILES string of the molecule is COc1ccc(CCN2COc3cc(C)c4c(c3C2)O/C(=C/c2cc(Cl)cc3c2OCOC3)C4=O)cc1OC. The minimum atomic E-state index is -0.173. The van der Waals surface area contributed by atoms with Gasteiger partial charge in [0.2, 0.25) is 5.78 Å². The van der Waals surface area contributed by atoms with Crippen molar-refractivity contribution >= 4 is 23.5 Å². The number of carbonyl (C=O) groups excluding carboxylic acids is 1. The highest BCUT2D eigenvalue weighted by Crippen LogP contribution is 2.45. The number of aryl methyl sites for hydroxylation is 1. The third-order valence-electron chi connectivity index (χ3n) is 7.14. The summed E-state index contributed by atoms with van der Waals surface area (Å²) in [5, 5.41) is 0.532. The lowest BCUT2D eigenvalue weighted by Crippen LogP contribution is -2.34. The second kappa shape index (κ2) is 10.4. The standard InChI is InChI=1S/C30H28ClNO7/c1-17-8-24-22(13-32(15-37-24)7-6-18-4-5-23(34-2)25(9-18)35-3)30-27(17)28(33)26(39-30)12-19-10-21(31)11-20-14-36-16-38-29(19)20/h4-5,8-12H,6-7,13-16H2,1-3H3/b26-12+. The number of ketones is 1.